The molecule has 2 aliphatic rings. The second-order valence-electron chi connectivity index (χ2n) is 6.70. The highest BCUT2D eigenvalue weighted by molar-refractivity contribution is 5.66. The van der Waals surface area contributed by atoms with E-state index in [2.05, 4.69) is 0 Å². The largest absolute Gasteiger partial charge is 0.487 e. The van der Waals surface area contributed by atoms with Crippen molar-refractivity contribution in [3.63, 3.8) is 0 Å². The quantitative estimate of drug-likeness (QED) is 0.698. The van der Waals surface area contributed by atoms with E-state index < -0.39 is 5.97 Å². The molecule has 1 aromatic carbocycles. The van der Waals surface area contributed by atoms with Crippen molar-refractivity contribution in [3.8, 4) is 5.75 Å². The molecule has 126 valence electrons. The summed E-state index contributed by atoms with van der Waals surface area (Å²) in [4.78, 5) is 10.5. The molecule has 23 heavy (non-hydrogen) atoms. The summed E-state index contributed by atoms with van der Waals surface area (Å²) in [6, 6.07) is 10.0. The topological polar surface area (TPSA) is 55.8 Å². The Bertz CT molecular complexity index is 501. The molecule has 0 aromatic heterocycles. The molecule has 2 heterocycles. The Labute approximate surface area is 137 Å². The van der Waals surface area contributed by atoms with Gasteiger partial charge in [0.25, 0.3) is 0 Å². The average molecular weight is 318 g/mol. The van der Waals surface area contributed by atoms with Crippen LogP contribution in [-0.4, -0.2) is 29.4 Å². The molecule has 1 N–H and O–H groups in total. The number of aliphatic carboxylic acids is 1. The zero-order valence-electron chi connectivity index (χ0n) is 13.5. The van der Waals surface area contributed by atoms with Crippen LogP contribution in [0.5, 0.6) is 5.75 Å². The predicted molar refractivity (Wildman–Crippen MR) is 87.6 cm³/mol. The maximum absolute atomic E-state index is 10.5. The molecule has 0 saturated carbocycles. The minimum atomic E-state index is -0.692. The summed E-state index contributed by atoms with van der Waals surface area (Å²) in [5.41, 5.74) is 0. The van der Waals surface area contributed by atoms with E-state index >= 15 is 0 Å². The number of rotatable bonds is 9. The molecular weight excluding hydrogens is 292 g/mol. The van der Waals surface area contributed by atoms with Crippen molar-refractivity contribution in [2.24, 2.45) is 5.92 Å². The molecule has 0 amide bonds. The van der Waals surface area contributed by atoms with Crippen LogP contribution in [0.2, 0.25) is 0 Å². The van der Waals surface area contributed by atoms with Gasteiger partial charge in [0.2, 0.25) is 0 Å². The van der Waals surface area contributed by atoms with Gasteiger partial charge in [-0.05, 0) is 37.8 Å². The molecular formula is C19H26O4. The molecule has 2 bridgehead atoms. The van der Waals surface area contributed by atoms with Crippen molar-refractivity contribution < 1.29 is 19.4 Å². The number of carboxylic acid groups (broad SMARTS) is 1. The first-order chi connectivity index (χ1) is 11.2. The van der Waals surface area contributed by atoms with Crippen LogP contribution >= 0.6 is 0 Å². The van der Waals surface area contributed by atoms with Gasteiger partial charge in [-0.3, -0.25) is 4.79 Å². The van der Waals surface area contributed by atoms with Crippen LogP contribution in [0.15, 0.2) is 30.3 Å². The van der Waals surface area contributed by atoms with E-state index in [0.29, 0.717) is 12.0 Å². The van der Waals surface area contributed by atoms with E-state index in [1.165, 1.54) is 0 Å². The van der Waals surface area contributed by atoms with Crippen molar-refractivity contribution >= 4 is 5.97 Å². The number of benzene rings is 1. The number of para-hydroxylation sites is 1. The van der Waals surface area contributed by atoms with Crippen LogP contribution in [0.3, 0.4) is 0 Å². The third-order valence-corrected chi connectivity index (χ3v) is 5.04. The van der Waals surface area contributed by atoms with Crippen LogP contribution in [0, 0.1) is 5.92 Å². The van der Waals surface area contributed by atoms with E-state index in [1.807, 2.05) is 30.3 Å². The van der Waals surface area contributed by atoms with Gasteiger partial charge in [-0.2, -0.15) is 0 Å². The number of unbranched alkanes of at least 4 members (excludes halogenated alkanes) is 3. The van der Waals surface area contributed by atoms with Gasteiger partial charge in [0.05, 0.1) is 12.2 Å². The maximum Gasteiger partial charge on any atom is 0.303 e. The second-order valence-corrected chi connectivity index (χ2v) is 6.70. The summed E-state index contributed by atoms with van der Waals surface area (Å²) in [7, 11) is 0. The van der Waals surface area contributed by atoms with E-state index in [0.717, 1.165) is 50.7 Å². The van der Waals surface area contributed by atoms with Gasteiger partial charge in [-0.25, -0.2) is 0 Å². The number of ether oxygens (including phenoxy) is 2. The third kappa shape index (κ3) is 4.25. The molecule has 1 aromatic rings. The molecule has 2 fully saturated rings. The fourth-order valence-electron chi connectivity index (χ4n) is 3.91. The molecule has 3 rings (SSSR count). The van der Waals surface area contributed by atoms with Crippen molar-refractivity contribution in [2.45, 2.75) is 69.7 Å². The summed E-state index contributed by atoms with van der Waals surface area (Å²) >= 11 is 0. The molecule has 0 radical (unpaired) electrons. The fraction of sp³-hybridized carbons (Fsp3) is 0.632. The number of carboxylic acids is 1. The summed E-state index contributed by atoms with van der Waals surface area (Å²) < 4.78 is 12.3. The van der Waals surface area contributed by atoms with E-state index in [-0.39, 0.29) is 18.6 Å². The molecule has 4 heteroatoms. The van der Waals surface area contributed by atoms with E-state index in [4.69, 9.17) is 14.6 Å². The summed E-state index contributed by atoms with van der Waals surface area (Å²) in [6.07, 6.45) is 8.46. The molecule has 2 saturated heterocycles. The molecule has 0 aliphatic carbocycles. The number of hydrogen-bond acceptors (Lipinski definition) is 3. The first-order valence-corrected chi connectivity index (χ1v) is 8.83. The smallest absolute Gasteiger partial charge is 0.303 e. The van der Waals surface area contributed by atoms with Crippen LogP contribution < -0.4 is 4.74 Å². The summed E-state index contributed by atoms with van der Waals surface area (Å²) in [6.45, 7) is 0. The van der Waals surface area contributed by atoms with Gasteiger partial charge in [0.15, 0.2) is 0 Å². The summed E-state index contributed by atoms with van der Waals surface area (Å²) in [5, 5.41) is 8.66. The van der Waals surface area contributed by atoms with Gasteiger partial charge in [-0.1, -0.05) is 37.5 Å². The van der Waals surface area contributed by atoms with Crippen LogP contribution in [0.4, 0.5) is 0 Å². The Morgan fingerprint density at radius 2 is 1.83 bits per heavy atom. The lowest BCUT2D eigenvalue weighted by Crippen LogP contribution is -2.37. The number of carbonyl (C=O) groups is 1. The molecule has 4 nitrogen and oxygen atoms in total. The minimum Gasteiger partial charge on any atom is -0.487 e. The van der Waals surface area contributed by atoms with Crippen LogP contribution in [-0.2, 0) is 9.53 Å². The third-order valence-electron chi connectivity index (χ3n) is 5.04. The predicted octanol–water partition coefficient (Wildman–Crippen LogP) is 4.04. The second kappa shape index (κ2) is 7.82. The first-order valence-electron chi connectivity index (χ1n) is 8.83. The lowest BCUT2D eigenvalue weighted by molar-refractivity contribution is -0.137. The Morgan fingerprint density at radius 1 is 1.09 bits per heavy atom. The normalized spacial score (nSPS) is 28.9. The first kappa shape index (κ1) is 16.3. The zero-order chi connectivity index (χ0) is 16.1. The zero-order valence-corrected chi connectivity index (χ0v) is 13.5. The monoisotopic (exact) mass is 318 g/mol. The van der Waals surface area contributed by atoms with E-state index in [1.54, 1.807) is 0 Å². The maximum atomic E-state index is 10.5. The lowest BCUT2D eigenvalue weighted by atomic mass is 9.83. The lowest BCUT2D eigenvalue weighted by Gasteiger charge is -2.28. The molecule has 4 atom stereocenters. The Kier molecular flexibility index (Phi) is 5.55. The van der Waals surface area contributed by atoms with E-state index in [9.17, 15) is 4.79 Å². The molecule has 0 spiro atoms. The van der Waals surface area contributed by atoms with Gasteiger partial charge in [-0.15, -0.1) is 0 Å². The van der Waals surface area contributed by atoms with Crippen molar-refractivity contribution in [1.82, 2.24) is 0 Å². The highest BCUT2D eigenvalue weighted by Crippen LogP contribution is 2.43. The van der Waals surface area contributed by atoms with Crippen molar-refractivity contribution in [2.75, 3.05) is 0 Å². The standard InChI is InChI=1S/C19H26O4/c20-18(21)11-7-2-1-6-10-15-16-12-13-17(23-16)19(15)22-14-8-4-3-5-9-14/h3-5,8-9,15-17,19H,1-2,6-7,10-13H2,(H,20,21)/t15-,16+,17-,19-/m1/s1. The average Bonchev–Trinajstić information content (AvgIpc) is 3.14. The highest BCUT2D eigenvalue weighted by atomic mass is 16.6. The Hall–Kier alpha value is -1.55. The van der Waals surface area contributed by atoms with Crippen molar-refractivity contribution in [1.29, 1.82) is 0 Å². The molecule has 2 aliphatic heterocycles. The Morgan fingerprint density at radius 3 is 2.61 bits per heavy atom. The van der Waals surface area contributed by atoms with Gasteiger partial charge in [0, 0.05) is 12.3 Å². The number of fused-ring (bicyclic) bond motifs is 2. The number of hydrogen-bond donors (Lipinski definition) is 1. The minimum absolute atomic E-state index is 0.176. The highest BCUT2D eigenvalue weighted by Gasteiger charge is 2.49. The van der Waals surface area contributed by atoms with Gasteiger partial charge in [0.1, 0.15) is 11.9 Å². The fourth-order valence-corrected chi connectivity index (χ4v) is 3.91. The SMILES string of the molecule is O=C(O)CCCCCC[C@H]1[C@@H](Oc2ccccc2)[C@H]2CC[C@@H]1O2. The summed E-state index contributed by atoms with van der Waals surface area (Å²) in [5.74, 6) is 0.719. The van der Waals surface area contributed by atoms with Crippen LogP contribution in [0.1, 0.15) is 51.4 Å². The van der Waals surface area contributed by atoms with Gasteiger partial charge >= 0.3 is 5.97 Å². The van der Waals surface area contributed by atoms with Gasteiger partial charge < -0.3 is 14.6 Å². The Balaban J connectivity index is 1.46. The van der Waals surface area contributed by atoms with Crippen molar-refractivity contribution in [3.05, 3.63) is 30.3 Å². The van der Waals surface area contributed by atoms with Crippen LogP contribution in [0.25, 0.3) is 0 Å². The molecule has 0 unspecified atom stereocenters.